The van der Waals surface area contributed by atoms with E-state index in [0.717, 1.165) is 18.6 Å². The van der Waals surface area contributed by atoms with Crippen LogP contribution in [0.5, 0.6) is 5.75 Å². The summed E-state index contributed by atoms with van der Waals surface area (Å²) in [6.07, 6.45) is 4.95. The van der Waals surface area contributed by atoms with Gasteiger partial charge in [0.15, 0.2) is 0 Å². The van der Waals surface area contributed by atoms with Crippen LogP contribution in [0, 0.1) is 5.92 Å². The Morgan fingerprint density at radius 1 is 0.963 bits per heavy atom. The molecule has 0 spiro atoms. The summed E-state index contributed by atoms with van der Waals surface area (Å²) in [5.74, 6) is 0.441. The molecule has 27 heavy (non-hydrogen) atoms. The molecule has 0 saturated heterocycles. The number of ether oxygens (including phenoxy) is 1. The van der Waals surface area contributed by atoms with E-state index in [1.54, 1.807) is 36.4 Å². The van der Waals surface area contributed by atoms with Gasteiger partial charge in [0.2, 0.25) is 5.91 Å². The monoisotopic (exact) mass is 366 g/mol. The average Bonchev–Trinajstić information content (AvgIpc) is 3.15. The molecule has 0 aliphatic heterocycles. The summed E-state index contributed by atoms with van der Waals surface area (Å²) < 4.78 is 5.93. The number of carbonyl (C=O) groups is 2. The van der Waals surface area contributed by atoms with Gasteiger partial charge in [0, 0.05) is 22.9 Å². The van der Waals surface area contributed by atoms with Crippen molar-refractivity contribution in [2.45, 2.75) is 45.6 Å². The number of rotatable bonds is 6. The summed E-state index contributed by atoms with van der Waals surface area (Å²) in [7, 11) is 0. The number of hydrogen-bond donors (Lipinski definition) is 2. The Balaban J connectivity index is 1.60. The summed E-state index contributed by atoms with van der Waals surface area (Å²) in [4.78, 5) is 24.3. The molecule has 2 N–H and O–H groups in total. The number of nitrogens with one attached hydrogen (secondary N) is 2. The quantitative estimate of drug-likeness (QED) is 0.767. The van der Waals surface area contributed by atoms with E-state index in [1.807, 2.05) is 26.0 Å². The van der Waals surface area contributed by atoms with Crippen molar-refractivity contribution in [3.63, 3.8) is 0 Å². The van der Waals surface area contributed by atoms with Crippen molar-refractivity contribution in [2.75, 3.05) is 10.6 Å². The topological polar surface area (TPSA) is 67.4 Å². The van der Waals surface area contributed by atoms with Crippen LogP contribution in [-0.2, 0) is 4.79 Å². The summed E-state index contributed by atoms with van der Waals surface area (Å²) in [6.45, 7) is 3.67. The van der Waals surface area contributed by atoms with E-state index < -0.39 is 0 Å². The highest BCUT2D eigenvalue weighted by Crippen LogP contribution is 2.24. The van der Waals surface area contributed by atoms with Gasteiger partial charge in [-0.15, -0.1) is 0 Å². The first-order valence-electron chi connectivity index (χ1n) is 9.50. The lowest BCUT2D eigenvalue weighted by Gasteiger charge is -2.13. The van der Waals surface area contributed by atoms with Gasteiger partial charge in [-0.05, 0) is 68.1 Å². The second-order valence-electron chi connectivity index (χ2n) is 7.23. The molecule has 0 heterocycles. The van der Waals surface area contributed by atoms with E-state index in [-0.39, 0.29) is 17.7 Å². The van der Waals surface area contributed by atoms with E-state index in [2.05, 4.69) is 10.6 Å². The highest BCUT2D eigenvalue weighted by Gasteiger charge is 2.16. The Morgan fingerprint density at radius 2 is 1.59 bits per heavy atom. The first kappa shape index (κ1) is 19.0. The van der Waals surface area contributed by atoms with Crippen molar-refractivity contribution >= 4 is 23.2 Å². The largest absolute Gasteiger partial charge is 0.490 e. The van der Waals surface area contributed by atoms with Crippen LogP contribution < -0.4 is 15.4 Å². The second kappa shape index (κ2) is 8.71. The number of amides is 2. The molecule has 142 valence electrons. The third-order valence-electron chi connectivity index (χ3n) is 4.63. The summed E-state index contributed by atoms with van der Waals surface area (Å²) in [5, 5.41) is 5.69. The maximum atomic E-state index is 12.5. The highest BCUT2D eigenvalue weighted by atomic mass is 16.5. The Kier molecular flexibility index (Phi) is 6.12. The van der Waals surface area contributed by atoms with Gasteiger partial charge in [0.25, 0.3) is 5.91 Å². The van der Waals surface area contributed by atoms with Crippen molar-refractivity contribution in [1.29, 1.82) is 0 Å². The van der Waals surface area contributed by atoms with Crippen molar-refractivity contribution in [3.8, 4) is 5.75 Å². The molecule has 1 aliphatic rings. The third-order valence-corrected chi connectivity index (χ3v) is 4.63. The fraction of sp³-hybridized carbons (Fsp3) is 0.364. The lowest BCUT2D eigenvalue weighted by atomic mass is 10.2. The van der Waals surface area contributed by atoms with Gasteiger partial charge in [-0.25, -0.2) is 0 Å². The van der Waals surface area contributed by atoms with Crippen LogP contribution in [0.15, 0.2) is 48.5 Å². The fourth-order valence-electron chi connectivity index (χ4n) is 3.05. The van der Waals surface area contributed by atoms with Gasteiger partial charge in [0.1, 0.15) is 5.75 Å². The average molecular weight is 366 g/mol. The molecule has 0 unspecified atom stereocenters. The number of carbonyl (C=O) groups excluding carboxylic acids is 2. The van der Waals surface area contributed by atoms with Crippen molar-refractivity contribution in [1.82, 2.24) is 0 Å². The van der Waals surface area contributed by atoms with Crippen LogP contribution >= 0.6 is 0 Å². The molecule has 2 aromatic rings. The van der Waals surface area contributed by atoms with E-state index >= 15 is 0 Å². The third kappa shape index (κ3) is 5.33. The molecule has 1 aliphatic carbocycles. The number of hydrogen-bond acceptors (Lipinski definition) is 3. The summed E-state index contributed by atoms with van der Waals surface area (Å²) in [5.41, 5.74) is 1.85. The van der Waals surface area contributed by atoms with Crippen LogP contribution in [0.4, 0.5) is 11.4 Å². The van der Waals surface area contributed by atoms with E-state index in [0.29, 0.717) is 23.0 Å². The molecular formula is C22H26N2O3. The van der Waals surface area contributed by atoms with Gasteiger partial charge in [0.05, 0.1) is 6.10 Å². The van der Waals surface area contributed by atoms with Gasteiger partial charge < -0.3 is 15.4 Å². The van der Waals surface area contributed by atoms with Crippen LogP contribution in [0.1, 0.15) is 49.9 Å². The van der Waals surface area contributed by atoms with Crippen molar-refractivity contribution < 1.29 is 14.3 Å². The normalized spacial score (nSPS) is 14.2. The molecule has 0 atom stereocenters. The van der Waals surface area contributed by atoms with Crippen LogP contribution in [0.25, 0.3) is 0 Å². The Hall–Kier alpha value is -2.82. The van der Waals surface area contributed by atoms with Gasteiger partial charge in [-0.3, -0.25) is 9.59 Å². The molecule has 5 heteroatoms. The van der Waals surface area contributed by atoms with Gasteiger partial charge in [-0.1, -0.05) is 19.9 Å². The highest BCUT2D eigenvalue weighted by molar-refractivity contribution is 6.04. The molecule has 5 nitrogen and oxygen atoms in total. The molecule has 1 saturated carbocycles. The molecular weight excluding hydrogens is 340 g/mol. The lowest BCUT2D eigenvalue weighted by Crippen LogP contribution is -2.18. The minimum Gasteiger partial charge on any atom is -0.490 e. The van der Waals surface area contributed by atoms with E-state index in [9.17, 15) is 9.59 Å². The Morgan fingerprint density at radius 3 is 2.22 bits per heavy atom. The zero-order valence-electron chi connectivity index (χ0n) is 15.8. The minimum atomic E-state index is -0.199. The lowest BCUT2D eigenvalue weighted by molar-refractivity contribution is -0.118. The molecule has 1 fully saturated rings. The first-order chi connectivity index (χ1) is 13.0. The molecule has 3 rings (SSSR count). The standard InChI is InChI=1S/C22H26N2O3/c1-15(2)21(25)23-17-6-5-7-18(14-17)24-22(26)16-10-12-20(13-11-16)27-19-8-3-4-9-19/h5-7,10-15,19H,3-4,8-9H2,1-2H3,(H,23,25)(H,24,26). The molecule has 2 amide bonds. The summed E-state index contributed by atoms with van der Waals surface area (Å²) >= 11 is 0. The Labute approximate surface area is 160 Å². The fourth-order valence-corrected chi connectivity index (χ4v) is 3.05. The van der Waals surface area contributed by atoms with Crippen LogP contribution in [-0.4, -0.2) is 17.9 Å². The van der Waals surface area contributed by atoms with Crippen LogP contribution in [0.2, 0.25) is 0 Å². The summed E-state index contributed by atoms with van der Waals surface area (Å²) in [6, 6.07) is 14.3. The molecule has 0 radical (unpaired) electrons. The predicted molar refractivity (Wildman–Crippen MR) is 107 cm³/mol. The minimum absolute atomic E-state index is 0.0590. The predicted octanol–water partition coefficient (Wildman–Crippen LogP) is 4.85. The molecule has 0 bridgehead atoms. The van der Waals surface area contributed by atoms with Crippen molar-refractivity contribution in [2.24, 2.45) is 5.92 Å². The first-order valence-corrected chi connectivity index (χ1v) is 9.50. The molecule has 2 aromatic carbocycles. The molecule has 0 aromatic heterocycles. The second-order valence-corrected chi connectivity index (χ2v) is 7.23. The smallest absolute Gasteiger partial charge is 0.255 e. The number of benzene rings is 2. The maximum Gasteiger partial charge on any atom is 0.255 e. The zero-order chi connectivity index (χ0) is 19.2. The van der Waals surface area contributed by atoms with Gasteiger partial charge in [-0.2, -0.15) is 0 Å². The van der Waals surface area contributed by atoms with Crippen LogP contribution in [0.3, 0.4) is 0 Å². The van der Waals surface area contributed by atoms with E-state index in [4.69, 9.17) is 4.74 Å². The Bertz CT molecular complexity index is 793. The van der Waals surface area contributed by atoms with E-state index in [1.165, 1.54) is 12.8 Å². The van der Waals surface area contributed by atoms with Crippen molar-refractivity contribution in [3.05, 3.63) is 54.1 Å². The maximum absolute atomic E-state index is 12.5. The zero-order valence-corrected chi connectivity index (χ0v) is 15.8. The van der Waals surface area contributed by atoms with Gasteiger partial charge >= 0.3 is 0 Å². The number of anilines is 2. The SMILES string of the molecule is CC(C)C(=O)Nc1cccc(NC(=O)c2ccc(OC3CCCC3)cc2)c1.